The van der Waals surface area contributed by atoms with Crippen molar-refractivity contribution in [2.75, 3.05) is 0 Å². The van der Waals surface area contributed by atoms with Crippen LogP contribution in [0.4, 0.5) is 0 Å². The Balaban J connectivity index is -0.0000000267. The van der Waals surface area contributed by atoms with Gasteiger partial charge < -0.3 is 2.85 Å². The molecule has 0 fully saturated rings. The van der Waals surface area contributed by atoms with E-state index in [9.17, 15) is 0 Å². The van der Waals surface area contributed by atoms with Gasteiger partial charge in [-0.05, 0) is 0 Å². The van der Waals surface area contributed by atoms with Crippen LogP contribution < -0.4 is 0 Å². The molecule has 0 nitrogen and oxygen atoms in total. The SMILES string of the molecule is [Cl][Ti]([Cl])([Cl])[Cl].[H-].[H-].[Mg+2]. The topological polar surface area (TPSA) is 0 Å². The van der Waals surface area contributed by atoms with Gasteiger partial charge in [-0.3, -0.25) is 0 Å². The van der Waals surface area contributed by atoms with Crippen molar-refractivity contribution >= 4 is 60.3 Å². The van der Waals surface area contributed by atoms with Gasteiger partial charge in [-0.1, -0.05) is 0 Å². The number of rotatable bonds is 0. The first-order chi connectivity index (χ1) is 2.00. The maximum atomic E-state index is 5.01. The van der Waals surface area contributed by atoms with Gasteiger partial charge in [0.25, 0.3) is 0 Å². The summed E-state index contributed by atoms with van der Waals surface area (Å²) in [4.78, 5) is 0. The first kappa shape index (κ1) is 11.4. The summed E-state index contributed by atoms with van der Waals surface area (Å²) < 4.78 is 0. The molecule has 0 heterocycles. The van der Waals surface area contributed by atoms with Crippen LogP contribution in [0.25, 0.3) is 0 Å². The van der Waals surface area contributed by atoms with Crippen molar-refractivity contribution in [3.05, 3.63) is 0 Å². The van der Waals surface area contributed by atoms with E-state index >= 15 is 0 Å². The van der Waals surface area contributed by atoms with Crippen LogP contribution in [-0.4, -0.2) is 23.1 Å². The van der Waals surface area contributed by atoms with E-state index in [4.69, 9.17) is 37.2 Å². The van der Waals surface area contributed by atoms with E-state index in [0.29, 0.717) is 0 Å². The van der Waals surface area contributed by atoms with Crippen LogP contribution in [0.1, 0.15) is 2.85 Å². The molecule has 0 aliphatic rings. The van der Waals surface area contributed by atoms with E-state index in [1.807, 2.05) is 0 Å². The molecule has 0 atom stereocenters. The fraction of sp³-hybridized carbons (Fsp3) is 0. The Morgan fingerprint density at radius 2 is 1.00 bits per heavy atom. The smallest absolute Gasteiger partial charge is 1.00 e. The summed E-state index contributed by atoms with van der Waals surface area (Å²) in [5.41, 5.74) is 0. The van der Waals surface area contributed by atoms with Crippen LogP contribution >= 0.6 is 37.2 Å². The van der Waals surface area contributed by atoms with Gasteiger partial charge in [0, 0.05) is 0 Å². The van der Waals surface area contributed by atoms with Crippen molar-refractivity contribution in [2.24, 2.45) is 0 Å². The third-order valence-corrected chi connectivity index (χ3v) is 0. The Kier molecular flexibility index (Phi) is 8.60. The molecule has 6 heavy (non-hydrogen) atoms. The molecule has 0 N–H and O–H groups in total. The fourth-order valence-corrected chi connectivity index (χ4v) is 0. The number of hydrogen-bond acceptors (Lipinski definition) is 0. The molecule has 0 spiro atoms. The minimum atomic E-state index is -3.11. The zero-order valence-electron chi connectivity index (χ0n) is 4.72. The maximum Gasteiger partial charge on any atom is 2.00 e. The summed E-state index contributed by atoms with van der Waals surface area (Å²) in [7, 11) is 20.1. The van der Waals surface area contributed by atoms with Crippen molar-refractivity contribution < 1.29 is 15.2 Å². The monoisotopic (exact) mass is 214 g/mol. The maximum absolute atomic E-state index is 5.01. The molecule has 0 aliphatic carbocycles. The molecule has 0 amide bonds. The van der Waals surface area contributed by atoms with E-state index in [1.54, 1.807) is 0 Å². The van der Waals surface area contributed by atoms with E-state index in [-0.39, 0.29) is 25.9 Å². The number of hydrogen-bond donors (Lipinski definition) is 0. The third-order valence-electron chi connectivity index (χ3n) is 0. The Labute approximate surface area is 74.4 Å². The zero-order chi connectivity index (χ0) is 4.50. The van der Waals surface area contributed by atoms with Gasteiger partial charge in [0.15, 0.2) is 0 Å². The van der Waals surface area contributed by atoms with Gasteiger partial charge in [-0.15, -0.1) is 0 Å². The summed E-state index contributed by atoms with van der Waals surface area (Å²) in [6.45, 7) is 0. The molecule has 0 bridgehead atoms. The van der Waals surface area contributed by atoms with Gasteiger partial charge in [0.1, 0.15) is 0 Å². The average Bonchev–Trinajstić information content (AvgIpc) is 0.722. The predicted octanol–water partition coefficient (Wildman–Crippen LogP) is 2.60. The standard InChI is InChI=1S/4ClH.Mg.Ti.2H/h4*1H;;;;/q;;;;+2;+4;2*-1/p-4. The first-order valence-corrected chi connectivity index (χ1v) is 9.35. The van der Waals surface area contributed by atoms with Crippen molar-refractivity contribution in [3.8, 4) is 0 Å². The van der Waals surface area contributed by atoms with Crippen LogP contribution in [0.3, 0.4) is 0 Å². The summed E-state index contributed by atoms with van der Waals surface area (Å²) in [5, 5.41) is 0. The van der Waals surface area contributed by atoms with Crippen LogP contribution in [0.5, 0.6) is 0 Å². The molecular weight excluding hydrogens is 214 g/mol. The van der Waals surface area contributed by atoms with Crippen LogP contribution in [0.15, 0.2) is 0 Å². The Bertz CT molecular complexity index is 29.5. The molecule has 0 unspecified atom stereocenters. The van der Waals surface area contributed by atoms with Crippen LogP contribution in [0, 0.1) is 0 Å². The molecule has 0 rings (SSSR count). The van der Waals surface area contributed by atoms with E-state index < -0.39 is 12.3 Å². The van der Waals surface area contributed by atoms with Gasteiger partial charge in [0.2, 0.25) is 0 Å². The first-order valence-electron chi connectivity index (χ1n) is 0.756. The quantitative estimate of drug-likeness (QED) is 0.546. The van der Waals surface area contributed by atoms with Gasteiger partial charge >= 0.3 is 72.6 Å². The molecule has 0 aliphatic heterocycles. The number of halogens is 4. The minimum Gasteiger partial charge on any atom is -1.00 e. The Morgan fingerprint density at radius 1 is 1.00 bits per heavy atom. The summed E-state index contributed by atoms with van der Waals surface area (Å²) in [5.74, 6) is 0. The molecule has 0 aromatic carbocycles. The van der Waals surface area contributed by atoms with Crippen molar-refractivity contribution in [2.45, 2.75) is 0 Å². The molecule has 0 aromatic heterocycles. The minimum absolute atomic E-state index is 0. The van der Waals surface area contributed by atoms with Crippen LogP contribution in [0.2, 0.25) is 0 Å². The van der Waals surface area contributed by atoms with E-state index in [1.165, 1.54) is 0 Å². The Hall–Kier alpha value is 2.64. The second kappa shape index (κ2) is 4.51. The summed E-state index contributed by atoms with van der Waals surface area (Å²) in [6.07, 6.45) is 0. The normalized spacial score (nSPS) is 10.0. The van der Waals surface area contributed by atoms with E-state index in [0.717, 1.165) is 0 Å². The molecule has 6 heteroatoms. The van der Waals surface area contributed by atoms with Gasteiger partial charge in [-0.2, -0.15) is 0 Å². The summed E-state index contributed by atoms with van der Waals surface area (Å²) >= 11 is -3.11. The second-order valence-corrected chi connectivity index (χ2v) is 15.9. The molecule has 0 radical (unpaired) electrons. The third kappa shape index (κ3) is 30.3. The predicted molar refractivity (Wildman–Crippen MR) is 31.4 cm³/mol. The van der Waals surface area contributed by atoms with Crippen molar-refractivity contribution in [1.82, 2.24) is 0 Å². The summed E-state index contributed by atoms with van der Waals surface area (Å²) in [6, 6.07) is 0. The average molecular weight is 216 g/mol. The largest absolute Gasteiger partial charge is 2.00 e. The Morgan fingerprint density at radius 3 is 1.00 bits per heavy atom. The van der Waals surface area contributed by atoms with Crippen LogP contribution in [-0.2, 0) is 12.3 Å². The van der Waals surface area contributed by atoms with Crippen molar-refractivity contribution in [3.63, 3.8) is 0 Å². The fourth-order valence-electron chi connectivity index (χ4n) is 0. The zero-order valence-corrected chi connectivity index (χ0v) is 8.72. The molecule has 0 saturated heterocycles. The van der Waals surface area contributed by atoms with Crippen molar-refractivity contribution in [1.29, 1.82) is 0 Å². The second-order valence-electron chi connectivity index (χ2n) is 0.429. The molecular formula is H2Cl4MgTi. The van der Waals surface area contributed by atoms with E-state index in [2.05, 4.69) is 0 Å². The van der Waals surface area contributed by atoms with Gasteiger partial charge in [0.05, 0.1) is 0 Å². The molecule has 0 aromatic rings. The molecule has 0 saturated carbocycles. The van der Waals surface area contributed by atoms with Gasteiger partial charge in [-0.25, -0.2) is 0 Å². The molecule has 36 valence electrons.